The summed E-state index contributed by atoms with van der Waals surface area (Å²) >= 11 is 0. The van der Waals surface area contributed by atoms with Gasteiger partial charge in [-0.3, -0.25) is 9.13 Å². The molecule has 6 N–H and O–H groups in total. The van der Waals surface area contributed by atoms with Crippen molar-refractivity contribution in [1.82, 2.24) is 10.6 Å². The Morgan fingerprint density at radius 1 is 0.615 bits per heavy atom. The van der Waals surface area contributed by atoms with Crippen molar-refractivity contribution in [2.45, 2.75) is 12.8 Å². The van der Waals surface area contributed by atoms with Gasteiger partial charge in [0.1, 0.15) is 13.1 Å². The first-order valence-electron chi connectivity index (χ1n) is 9.24. The van der Waals surface area contributed by atoms with Gasteiger partial charge in [-0.15, -0.1) is 0 Å². The number of hydrogen-bond donors (Lipinski definition) is 6. The van der Waals surface area contributed by atoms with Crippen molar-refractivity contribution in [3.05, 3.63) is 0 Å². The summed E-state index contributed by atoms with van der Waals surface area (Å²) in [6, 6.07) is 0. The van der Waals surface area contributed by atoms with E-state index in [9.17, 15) is 28.7 Å². The summed E-state index contributed by atoms with van der Waals surface area (Å²) in [5, 5.41) is 6.65. The van der Waals surface area contributed by atoms with E-state index < -0.39 is 15.2 Å². The topological polar surface area (TPSA) is 139 Å². The van der Waals surface area contributed by atoms with Gasteiger partial charge in [-0.1, -0.05) is 0 Å². The molecular weight excluding hydrogens is 382 g/mol. The molecule has 2 fully saturated rings. The molecule has 2 atom stereocenters. The average molecular weight is 416 g/mol. The highest BCUT2D eigenvalue weighted by Crippen LogP contribution is 2.41. The molecule has 0 amide bonds. The Morgan fingerprint density at radius 2 is 1.00 bits per heavy atom. The van der Waals surface area contributed by atoms with Gasteiger partial charge in [-0.25, -0.2) is 0 Å². The minimum absolute atomic E-state index is 0.218. The second kappa shape index (κ2) is 9.09. The highest BCUT2D eigenvalue weighted by atomic mass is 31.2. The zero-order valence-corrected chi connectivity index (χ0v) is 17.1. The summed E-state index contributed by atoms with van der Waals surface area (Å²) in [6.45, 7) is 6.42. The van der Waals surface area contributed by atoms with Crippen molar-refractivity contribution in [2.75, 3.05) is 78.0 Å². The van der Waals surface area contributed by atoms with Gasteiger partial charge in [0.05, 0.1) is 26.2 Å². The van der Waals surface area contributed by atoms with Gasteiger partial charge in [-0.2, -0.15) is 0 Å². The molecule has 2 heterocycles. The molecule has 0 aromatic carbocycles. The summed E-state index contributed by atoms with van der Waals surface area (Å²) in [5.41, 5.74) is 0. The summed E-state index contributed by atoms with van der Waals surface area (Å²) < 4.78 is 24.2. The highest BCUT2D eigenvalue weighted by Gasteiger charge is 2.42. The van der Waals surface area contributed by atoms with Crippen LogP contribution in [0.5, 0.6) is 0 Å². The largest absolute Gasteiger partial charge is 0.379 e. The van der Waals surface area contributed by atoms with Crippen LogP contribution < -0.4 is 10.6 Å². The maximum atomic E-state index is 11.8. The van der Waals surface area contributed by atoms with Crippen LogP contribution in [0.2, 0.25) is 0 Å². The van der Waals surface area contributed by atoms with E-state index in [-0.39, 0.29) is 12.6 Å². The SMILES string of the molecule is O=P(O)(O)C[N+]12CCCNCC[N+](CP(=O)(O)O)(CCCNCC1)CC2. The summed E-state index contributed by atoms with van der Waals surface area (Å²) in [4.78, 5) is 38.6. The predicted octanol–water partition coefficient (Wildman–Crippen LogP) is -1.12. The van der Waals surface area contributed by atoms with Gasteiger partial charge < -0.3 is 39.2 Å². The summed E-state index contributed by atoms with van der Waals surface area (Å²) in [6.07, 6.45) is 1.20. The first-order chi connectivity index (χ1) is 12.0. The van der Waals surface area contributed by atoms with E-state index in [0.717, 1.165) is 25.9 Å². The molecule has 0 aliphatic carbocycles. The Bertz CT molecular complexity index is 488. The number of nitrogens with zero attached hydrogens (tertiary/aromatic N) is 2. The third-order valence-corrected chi connectivity index (χ3v) is 7.45. The zero-order chi connectivity index (χ0) is 19.3. The monoisotopic (exact) mass is 416 g/mol. The Balaban J connectivity index is 2.33. The lowest BCUT2D eigenvalue weighted by atomic mass is 10.2. The lowest BCUT2D eigenvalue weighted by molar-refractivity contribution is -0.972. The standard InChI is InChI=1S/C14H32N4O6P2/c19-25(20,21)13-17-7-1-3-15-5-10-18(12-11-17,14-26(22,23)24)8-2-4-16-6-9-17/h15-16H,1-14H2,(H2-2,19,20,21,22,23,24)/p+2. The molecule has 0 radical (unpaired) electrons. The van der Waals surface area contributed by atoms with Crippen molar-refractivity contribution in [3.8, 4) is 0 Å². The van der Waals surface area contributed by atoms with Crippen molar-refractivity contribution in [3.63, 3.8) is 0 Å². The molecule has 2 aliphatic heterocycles. The Hall–Kier alpha value is 0.140. The van der Waals surface area contributed by atoms with Crippen LogP contribution >= 0.6 is 15.2 Å². The number of nitrogens with one attached hydrogen (secondary N) is 2. The Morgan fingerprint density at radius 3 is 1.35 bits per heavy atom. The molecule has 0 saturated carbocycles. The van der Waals surface area contributed by atoms with Crippen LogP contribution in [0, 0.1) is 0 Å². The molecular formula is C14H34N4O6P2+2. The normalized spacial score (nSPS) is 32.9. The predicted molar refractivity (Wildman–Crippen MR) is 98.5 cm³/mol. The lowest BCUT2D eigenvalue weighted by Gasteiger charge is -2.45. The summed E-state index contributed by atoms with van der Waals surface area (Å²) in [5.74, 6) is 0. The molecule has 154 valence electrons. The molecule has 2 bridgehead atoms. The van der Waals surface area contributed by atoms with E-state index >= 15 is 0 Å². The first-order valence-corrected chi connectivity index (χ1v) is 12.8. The van der Waals surface area contributed by atoms with Crippen LogP contribution in [0.25, 0.3) is 0 Å². The van der Waals surface area contributed by atoms with Crippen molar-refractivity contribution in [1.29, 1.82) is 0 Å². The maximum absolute atomic E-state index is 11.8. The van der Waals surface area contributed by atoms with E-state index in [2.05, 4.69) is 10.6 Å². The number of rotatable bonds is 4. The van der Waals surface area contributed by atoms with E-state index in [1.165, 1.54) is 0 Å². The van der Waals surface area contributed by atoms with Gasteiger partial charge in [0, 0.05) is 39.0 Å². The molecule has 12 heteroatoms. The molecule has 2 saturated heterocycles. The maximum Gasteiger partial charge on any atom is 0.379 e. The Labute approximate surface area is 155 Å². The van der Waals surface area contributed by atoms with Crippen LogP contribution in [0.4, 0.5) is 0 Å². The van der Waals surface area contributed by atoms with Crippen LogP contribution in [-0.2, 0) is 9.13 Å². The van der Waals surface area contributed by atoms with E-state index in [1.807, 2.05) is 0 Å². The second-order valence-corrected chi connectivity index (χ2v) is 11.1. The first kappa shape index (κ1) is 22.4. The molecule has 0 aromatic heterocycles. The van der Waals surface area contributed by atoms with Gasteiger partial charge >= 0.3 is 15.2 Å². The second-order valence-electron chi connectivity index (χ2n) is 7.84. The minimum Gasteiger partial charge on any atom is -0.321 e. The van der Waals surface area contributed by atoms with E-state index in [4.69, 9.17) is 0 Å². The smallest absolute Gasteiger partial charge is 0.321 e. The van der Waals surface area contributed by atoms with Crippen LogP contribution in [0.15, 0.2) is 0 Å². The zero-order valence-electron chi connectivity index (χ0n) is 15.3. The fourth-order valence-electron chi connectivity index (χ4n) is 4.26. The van der Waals surface area contributed by atoms with Gasteiger partial charge in [0.15, 0.2) is 12.6 Å². The van der Waals surface area contributed by atoms with Crippen LogP contribution in [0.1, 0.15) is 12.8 Å². The highest BCUT2D eigenvalue weighted by molar-refractivity contribution is 7.51. The number of quaternary nitrogens is 2. The van der Waals surface area contributed by atoms with Crippen molar-refractivity contribution < 1.29 is 37.7 Å². The number of fused-ring (bicyclic) bond motifs is 3. The number of hydrogen-bond acceptors (Lipinski definition) is 4. The molecule has 2 aliphatic rings. The fraction of sp³-hybridized carbons (Fsp3) is 1.00. The molecule has 0 spiro atoms. The minimum atomic E-state index is -4.21. The lowest BCUT2D eigenvalue weighted by Crippen LogP contribution is -2.63. The quantitative estimate of drug-likeness (QED) is 0.250. The Kier molecular flexibility index (Phi) is 7.84. The average Bonchev–Trinajstić information content (AvgIpc) is 2.49. The van der Waals surface area contributed by atoms with Gasteiger partial charge in [0.25, 0.3) is 0 Å². The fourth-order valence-corrected chi connectivity index (χ4v) is 6.67. The third-order valence-electron chi connectivity index (χ3n) is 5.51. The molecule has 2 rings (SSSR count). The van der Waals surface area contributed by atoms with Gasteiger partial charge in [0.2, 0.25) is 0 Å². The van der Waals surface area contributed by atoms with Crippen LogP contribution in [0.3, 0.4) is 0 Å². The molecule has 2 unspecified atom stereocenters. The third kappa shape index (κ3) is 7.64. The molecule has 0 aromatic rings. The molecule has 10 nitrogen and oxygen atoms in total. The van der Waals surface area contributed by atoms with E-state index in [0.29, 0.717) is 61.3 Å². The van der Waals surface area contributed by atoms with Crippen LogP contribution in [-0.4, -0.2) is 107 Å². The summed E-state index contributed by atoms with van der Waals surface area (Å²) in [7, 11) is -8.42. The van der Waals surface area contributed by atoms with Crippen molar-refractivity contribution >= 4 is 15.2 Å². The molecule has 26 heavy (non-hydrogen) atoms. The van der Waals surface area contributed by atoms with Gasteiger partial charge in [-0.05, 0) is 0 Å². The van der Waals surface area contributed by atoms with E-state index in [1.54, 1.807) is 0 Å². The van der Waals surface area contributed by atoms with Crippen molar-refractivity contribution in [2.24, 2.45) is 0 Å².